The van der Waals surface area contributed by atoms with Gasteiger partial charge in [-0.25, -0.2) is 4.98 Å². The number of anilines is 1. The maximum atomic E-state index is 9.79. The van der Waals surface area contributed by atoms with Crippen LogP contribution in [0.1, 0.15) is 17.2 Å². The van der Waals surface area contributed by atoms with Gasteiger partial charge in [0, 0.05) is 24.0 Å². The number of aliphatic hydroxyl groups excluding tert-OH is 1. The zero-order chi connectivity index (χ0) is 16.4. The first-order valence-electron chi connectivity index (χ1n) is 8.26. The maximum Gasteiger partial charge on any atom is 0.135 e. The summed E-state index contributed by atoms with van der Waals surface area (Å²) in [5.74, 6) is 0.862. The highest BCUT2D eigenvalue weighted by Gasteiger charge is 2.24. The van der Waals surface area contributed by atoms with E-state index >= 15 is 0 Å². The van der Waals surface area contributed by atoms with Gasteiger partial charge in [0.05, 0.1) is 18.7 Å². The molecule has 1 atom stereocenters. The summed E-state index contributed by atoms with van der Waals surface area (Å²) in [5.41, 5.74) is 2.99. The summed E-state index contributed by atoms with van der Waals surface area (Å²) in [4.78, 5) is 7.03. The number of ether oxygens (including phenoxy) is 1. The molecular weight excluding hydrogens is 300 g/mol. The zero-order valence-electron chi connectivity index (χ0n) is 13.4. The van der Waals surface area contributed by atoms with E-state index in [0.717, 1.165) is 35.4 Å². The van der Waals surface area contributed by atoms with Crippen LogP contribution >= 0.6 is 0 Å². The van der Waals surface area contributed by atoms with Crippen LogP contribution in [0, 0.1) is 0 Å². The number of rotatable bonds is 3. The normalized spacial score (nSPS) is 18.0. The third-order valence-corrected chi connectivity index (χ3v) is 4.49. The van der Waals surface area contributed by atoms with Crippen LogP contribution in [0.2, 0.25) is 0 Å². The monoisotopic (exact) mass is 320 g/mol. The fourth-order valence-electron chi connectivity index (χ4n) is 3.25. The molecule has 0 saturated carbocycles. The fourth-order valence-corrected chi connectivity index (χ4v) is 3.25. The Morgan fingerprint density at radius 3 is 2.71 bits per heavy atom. The van der Waals surface area contributed by atoms with Crippen LogP contribution in [0.5, 0.6) is 0 Å². The van der Waals surface area contributed by atoms with Crippen LogP contribution in [-0.2, 0) is 11.3 Å². The molecule has 4 rings (SSSR count). The molecule has 1 aliphatic heterocycles. The van der Waals surface area contributed by atoms with Crippen LogP contribution < -0.4 is 4.90 Å². The van der Waals surface area contributed by atoms with Gasteiger partial charge >= 0.3 is 0 Å². The predicted molar refractivity (Wildman–Crippen MR) is 95.0 cm³/mol. The Morgan fingerprint density at radius 2 is 1.88 bits per heavy atom. The van der Waals surface area contributed by atoms with E-state index < -0.39 is 0 Å². The number of aliphatic hydroxyl groups is 1. The molecule has 1 N–H and O–H groups in total. The molecule has 0 aliphatic carbocycles. The quantitative estimate of drug-likeness (QED) is 0.804. The Labute approximate surface area is 141 Å². The molecule has 1 aromatic heterocycles. The largest absolute Gasteiger partial charge is 0.392 e. The minimum atomic E-state index is -0.0134. The van der Waals surface area contributed by atoms with Crippen LogP contribution in [0.3, 0.4) is 0 Å². The van der Waals surface area contributed by atoms with Gasteiger partial charge in [0.25, 0.3) is 0 Å². The van der Waals surface area contributed by atoms with E-state index in [-0.39, 0.29) is 12.7 Å². The molecule has 0 radical (unpaired) electrons. The minimum absolute atomic E-state index is 0.0134. The summed E-state index contributed by atoms with van der Waals surface area (Å²) in [6.07, 6.45) is 0.0276. The summed E-state index contributed by atoms with van der Waals surface area (Å²) in [6.45, 7) is 2.16. The van der Waals surface area contributed by atoms with Crippen molar-refractivity contribution in [3.8, 4) is 0 Å². The molecule has 1 saturated heterocycles. The Kier molecular flexibility index (Phi) is 4.15. The summed E-state index contributed by atoms with van der Waals surface area (Å²) >= 11 is 0. The van der Waals surface area contributed by atoms with Gasteiger partial charge in [-0.15, -0.1) is 0 Å². The van der Waals surface area contributed by atoms with Crippen LogP contribution in [-0.4, -0.2) is 29.8 Å². The minimum Gasteiger partial charge on any atom is -0.392 e. The fraction of sp³-hybridized carbons (Fsp3) is 0.250. The average Bonchev–Trinajstić information content (AvgIpc) is 2.67. The van der Waals surface area contributed by atoms with E-state index in [1.165, 1.54) is 5.56 Å². The van der Waals surface area contributed by atoms with Crippen molar-refractivity contribution in [2.24, 2.45) is 0 Å². The van der Waals surface area contributed by atoms with Crippen LogP contribution in [0.25, 0.3) is 10.9 Å². The number of morpholine rings is 1. The number of hydrogen-bond donors (Lipinski definition) is 1. The smallest absolute Gasteiger partial charge is 0.135 e. The second kappa shape index (κ2) is 6.59. The van der Waals surface area contributed by atoms with Gasteiger partial charge in [-0.3, -0.25) is 0 Å². The van der Waals surface area contributed by atoms with Gasteiger partial charge in [0.15, 0.2) is 0 Å². The molecule has 1 fully saturated rings. The maximum absolute atomic E-state index is 9.79. The van der Waals surface area contributed by atoms with Gasteiger partial charge in [0.1, 0.15) is 11.9 Å². The Morgan fingerprint density at radius 1 is 1.08 bits per heavy atom. The van der Waals surface area contributed by atoms with Crippen LogP contribution in [0.4, 0.5) is 5.82 Å². The zero-order valence-corrected chi connectivity index (χ0v) is 13.4. The molecule has 2 aromatic carbocycles. The van der Waals surface area contributed by atoms with E-state index in [4.69, 9.17) is 9.72 Å². The number of benzene rings is 2. The topological polar surface area (TPSA) is 45.6 Å². The van der Waals surface area contributed by atoms with Crippen molar-refractivity contribution in [1.29, 1.82) is 0 Å². The highest BCUT2D eigenvalue weighted by atomic mass is 16.5. The second-order valence-electron chi connectivity index (χ2n) is 6.04. The molecule has 0 bridgehead atoms. The van der Waals surface area contributed by atoms with Crippen molar-refractivity contribution in [3.63, 3.8) is 0 Å². The number of aromatic nitrogens is 1. The lowest BCUT2D eigenvalue weighted by atomic mass is 10.1. The van der Waals surface area contributed by atoms with Gasteiger partial charge in [-0.1, -0.05) is 48.5 Å². The van der Waals surface area contributed by atoms with E-state index in [1.807, 2.05) is 48.5 Å². The molecule has 4 heteroatoms. The lowest BCUT2D eigenvalue weighted by molar-refractivity contribution is 0.0394. The van der Waals surface area contributed by atoms with Crippen molar-refractivity contribution in [2.45, 2.75) is 12.7 Å². The van der Waals surface area contributed by atoms with Crippen LogP contribution in [0.15, 0.2) is 60.7 Å². The van der Waals surface area contributed by atoms with Crippen molar-refractivity contribution in [1.82, 2.24) is 4.98 Å². The molecule has 122 valence electrons. The molecule has 0 spiro atoms. The van der Waals surface area contributed by atoms with Gasteiger partial charge in [-0.05, 0) is 17.7 Å². The van der Waals surface area contributed by atoms with E-state index in [2.05, 4.69) is 17.0 Å². The predicted octanol–water partition coefficient (Wildman–Crippen LogP) is 3.31. The number of hydrogen-bond acceptors (Lipinski definition) is 4. The van der Waals surface area contributed by atoms with Gasteiger partial charge in [0.2, 0.25) is 0 Å². The second-order valence-corrected chi connectivity index (χ2v) is 6.04. The van der Waals surface area contributed by atoms with Gasteiger partial charge < -0.3 is 14.7 Å². The number of fused-ring (bicyclic) bond motifs is 1. The summed E-state index contributed by atoms with van der Waals surface area (Å²) in [6, 6.07) is 20.3. The summed E-state index contributed by atoms with van der Waals surface area (Å²) < 4.78 is 5.94. The summed E-state index contributed by atoms with van der Waals surface area (Å²) in [7, 11) is 0. The number of nitrogens with zero attached hydrogens (tertiary/aromatic N) is 2. The molecule has 3 aromatic rings. The van der Waals surface area contributed by atoms with Crippen molar-refractivity contribution in [3.05, 3.63) is 71.8 Å². The molecule has 2 heterocycles. The highest BCUT2D eigenvalue weighted by Crippen LogP contribution is 2.29. The van der Waals surface area contributed by atoms with E-state index in [0.29, 0.717) is 6.61 Å². The van der Waals surface area contributed by atoms with Gasteiger partial charge in [-0.2, -0.15) is 0 Å². The average molecular weight is 320 g/mol. The first-order valence-corrected chi connectivity index (χ1v) is 8.26. The first-order chi connectivity index (χ1) is 11.8. The molecule has 0 amide bonds. The number of para-hydroxylation sites is 1. The molecule has 1 aliphatic rings. The third kappa shape index (κ3) is 2.86. The lowest BCUT2D eigenvalue weighted by Gasteiger charge is -2.35. The standard InChI is InChI=1S/C20H20N2O2/c23-14-17-12-16-8-4-5-9-18(16)21-20(17)22-10-11-24-19(13-22)15-6-2-1-3-7-15/h1-9,12,19,23H,10-11,13-14H2. The Hall–Kier alpha value is -2.43. The Bertz CT molecular complexity index is 835. The molecular formula is C20H20N2O2. The Balaban J connectivity index is 1.68. The van der Waals surface area contributed by atoms with E-state index in [9.17, 15) is 5.11 Å². The molecule has 4 nitrogen and oxygen atoms in total. The first kappa shape index (κ1) is 15.1. The highest BCUT2D eigenvalue weighted by molar-refractivity contribution is 5.81. The van der Waals surface area contributed by atoms with Crippen molar-refractivity contribution >= 4 is 16.7 Å². The molecule has 1 unspecified atom stereocenters. The number of pyridine rings is 1. The van der Waals surface area contributed by atoms with E-state index in [1.54, 1.807) is 0 Å². The molecule has 24 heavy (non-hydrogen) atoms. The summed E-state index contributed by atoms with van der Waals surface area (Å²) in [5, 5.41) is 10.8. The van der Waals surface area contributed by atoms with Crippen molar-refractivity contribution in [2.75, 3.05) is 24.6 Å². The SMILES string of the molecule is OCc1cc2ccccc2nc1N1CCOC(c2ccccc2)C1. The lowest BCUT2D eigenvalue weighted by Crippen LogP contribution is -2.39. The van der Waals surface area contributed by atoms with Crippen molar-refractivity contribution < 1.29 is 9.84 Å². The third-order valence-electron chi connectivity index (χ3n) is 4.49.